The first-order valence-corrected chi connectivity index (χ1v) is 22.4. The largest absolute Gasteiger partial charge is 0.415 e. The van der Waals surface area contributed by atoms with Crippen LogP contribution in [0.15, 0.2) is 138 Å². The van der Waals surface area contributed by atoms with E-state index in [0.717, 1.165) is 59.6 Å². The van der Waals surface area contributed by atoms with Crippen LogP contribution in [0.25, 0.3) is 21.9 Å². The molecule has 59 heavy (non-hydrogen) atoms. The Labute approximate surface area is 351 Å². The summed E-state index contributed by atoms with van der Waals surface area (Å²) in [7, 11) is 0. The van der Waals surface area contributed by atoms with Crippen molar-refractivity contribution in [2.75, 3.05) is 13.1 Å². The number of ether oxygens (including phenoxy) is 1. The summed E-state index contributed by atoms with van der Waals surface area (Å²) in [4.78, 5) is 32.4. The second kappa shape index (κ2) is 14.1. The van der Waals surface area contributed by atoms with Crippen molar-refractivity contribution in [3.05, 3.63) is 149 Å². The first kappa shape index (κ1) is 38.4. The van der Waals surface area contributed by atoms with Gasteiger partial charge in [0, 0.05) is 38.8 Å². The number of aliphatic hydroxyl groups excluding tert-OH is 1. The third-order valence-electron chi connectivity index (χ3n) is 16.1. The number of thiophene rings is 1. The highest BCUT2D eigenvalue weighted by molar-refractivity contribution is 7.09. The zero-order chi connectivity index (χ0) is 40.6. The lowest BCUT2D eigenvalue weighted by Crippen LogP contribution is -2.67. The molecule has 0 saturated heterocycles. The molecule has 6 nitrogen and oxygen atoms in total. The van der Waals surface area contributed by atoms with E-state index in [1.807, 2.05) is 91.0 Å². The molecule has 4 aromatic carbocycles. The first-order valence-electron chi connectivity index (χ1n) is 21.5. The number of fused-ring (bicyclic) bond motifs is 2. The molecule has 3 saturated carbocycles. The molecule has 8 atom stereocenters. The Bertz CT molecular complexity index is 2480. The minimum Gasteiger partial charge on any atom is -0.410 e. The fourth-order valence-corrected chi connectivity index (χ4v) is 13.5. The zero-order valence-corrected chi connectivity index (χ0v) is 34.8. The smallest absolute Gasteiger partial charge is 0.410 e. The van der Waals surface area contributed by atoms with Crippen LogP contribution in [0, 0.1) is 33.5 Å². The van der Waals surface area contributed by atoms with Gasteiger partial charge in [0.2, 0.25) is 0 Å². The van der Waals surface area contributed by atoms with Gasteiger partial charge in [-0.1, -0.05) is 123 Å². The van der Waals surface area contributed by atoms with Crippen LogP contribution in [0.3, 0.4) is 0 Å². The number of ketones is 1. The van der Waals surface area contributed by atoms with Crippen LogP contribution in [-0.4, -0.2) is 51.8 Å². The Morgan fingerprint density at radius 2 is 1.49 bits per heavy atom. The maximum atomic E-state index is 15.2. The summed E-state index contributed by atoms with van der Waals surface area (Å²) in [5, 5.41) is 28.5. The van der Waals surface area contributed by atoms with Gasteiger partial charge >= 0.3 is 6.09 Å². The highest BCUT2D eigenvalue weighted by Gasteiger charge is 2.74. The first-order chi connectivity index (χ1) is 28.5. The third-order valence-corrected chi connectivity index (χ3v) is 17.0. The van der Waals surface area contributed by atoms with E-state index in [-0.39, 0.29) is 29.6 Å². The molecule has 6 aliphatic rings. The Kier molecular flexibility index (Phi) is 9.20. The van der Waals surface area contributed by atoms with Crippen LogP contribution in [0.4, 0.5) is 4.79 Å². The Hall–Kier alpha value is -4.82. The number of benzene rings is 4. The van der Waals surface area contributed by atoms with Gasteiger partial charge in [-0.25, -0.2) is 4.79 Å². The van der Waals surface area contributed by atoms with Crippen LogP contribution < -0.4 is 4.74 Å². The molecule has 1 unspecified atom stereocenters. The standard InChI is InChI=1S/C52H53NO5S/c1-48-24-20-40(54)32-50(48)27-28-52(43(33-50)46(55)38-16-14-37(15-17-38)35-9-4-3-5-10-35)44(48)21-25-49(2)45(52)22-26-51(49,57)34-53(29-23-42-13-8-30-59-42)47(56)58-41-19-18-36-11-6-7-12-39(36)31-41/h3-19,27-28,30-31,33,40,44-45,54,57H,20-26,29,32,34H2,1-2H3/t40?,44-,45-,48-,49+,50+,51-,52-/m1/s1. The summed E-state index contributed by atoms with van der Waals surface area (Å²) in [5.41, 5.74) is 0.687. The average molecular weight is 804 g/mol. The maximum Gasteiger partial charge on any atom is 0.415 e. The van der Waals surface area contributed by atoms with Crippen LogP contribution >= 0.6 is 11.3 Å². The molecule has 11 rings (SSSR count). The summed E-state index contributed by atoms with van der Waals surface area (Å²) in [6.07, 6.45) is 11.9. The Morgan fingerprint density at radius 1 is 0.780 bits per heavy atom. The monoisotopic (exact) mass is 803 g/mol. The molecule has 2 spiro atoms. The van der Waals surface area contributed by atoms with Gasteiger partial charge in [0.15, 0.2) is 5.78 Å². The highest BCUT2D eigenvalue weighted by atomic mass is 32.1. The molecule has 7 heteroatoms. The van der Waals surface area contributed by atoms with Gasteiger partial charge in [-0.05, 0) is 114 Å². The molecule has 302 valence electrons. The van der Waals surface area contributed by atoms with Gasteiger partial charge in [0.25, 0.3) is 0 Å². The van der Waals surface area contributed by atoms with Gasteiger partial charge in [0.1, 0.15) is 5.75 Å². The van der Waals surface area contributed by atoms with Crippen LogP contribution in [0.5, 0.6) is 5.75 Å². The van der Waals surface area contributed by atoms with Gasteiger partial charge in [-0.2, -0.15) is 0 Å². The van der Waals surface area contributed by atoms with Crippen molar-refractivity contribution in [2.45, 2.75) is 76.9 Å². The van der Waals surface area contributed by atoms with Gasteiger partial charge in [-0.3, -0.25) is 4.79 Å². The number of aliphatic hydroxyl groups is 2. The normalized spacial score (nSPS) is 32.8. The lowest BCUT2D eigenvalue weighted by Gasteiger charge is -2.71. The fraction of sp³-hybridized carbons (Fsp3) is 0.385. The second-order valence-corrected chi connectivity index (χ2v) is 19.7. The number of hydrogen-bond donors (Lipinski definition) is 2. The molecular weight excluding hydrogens is 751 g/mol. The molecule has 1 amide bonds. The van der Waals surface area contributed by atoms with E-state index < -0.39 is 34.0 Å². The number of carbonyl (C=O) groups is 2. The molecule has 2 bridgehead atoms. The van der Waals surface area contributed by atoms with Gasteiger partial charge < -0.3 is 19.8 Å². The summed E-state index contributed by atoms with van der Waals surface area (Å²) in [5.74, 6) is 0.655. The predicted octanol–water partition coefficient (Wildman–Crippen LogP) is 11.1. The van der Waals surface area contributed by atoms with Crippen molar-refractivity contribution in [1.29, 1.82) is 0 Å². The molecule has 1 aromatic heterocycles. The van der Waals surface area contributed by atoms with Crippen molar-refractivity contribution in [2.24, 2.45) is 33.5 Å². The van der Waals surface area contributed by atoms with E-state index >= 15 is 4.79 Å². The minimum absolute atomic E-state index is 0.0357. The summed E-state index contributed by atoms with van der Waals surface area (Å²) in [6, 6.07) is 36.1. The molecule has 2 N–H and O–H groups in total. The summed E-state index contributed by atoms with van der Waals surface area (Å²) < 4.78 is 6.12. The maximum absolute atomic E-state index is 15.2. The van der Waals surface area contributed by atoms with Gasteiger partial charge in [-0.15, -0.1) is 11.3 Å². The van der Waals surface area contributed by atoms with E-state index in [0.29, 0.717) is 37.1 Å². The van der Waals surface area contributed by atoms with Gasteiger partial charge in [0.05, 0.1) is 18.2 Å². The average Bonchev–Trinajstić information content (AvgIpc) is 3.87. The fourth-order valence-electron chi connectivity index (χ4n) is 12.8. The number of nitrogens with zero attached hydrogens (tertiary/aromatic N) is 1. The van der Waals surface area contributed by atoms with Crippen molar-refractivity contribution >= 4 is 34.0 Å². The molecule has 0 radical (unpaired) electrons. The Balaban J connectivity index is 1.00. The third kappa shape index (κ3) is 5.94. The molecule has 5 aromatic rings. The molecular formula is C52H53NO5S. The summed E-state index contributed by atoms with van der Waals surface area (Å²) >= 11 is 1.67. The van der Waals surface area contributed by atoms with E-state index in [1.165, 1.54) is 4.88 Å². The van der Waals surface area contributed by atoms with E-state index in [4.69, 9.17) is 4.74 Å². The molecule has 6 aliphatic carbocycles. The van der Waals surface area contributed by atoms with E-state index in [9.17, 15) is 15.0 Å². The topological polar surface area (TPSA) is 87.1 Å². The Morgan fingerprint density at radius 3 is 2.27 bits per heavy atom. The van der Waals surface area contributed by atoms with Crippen molar-refractivity contribution in [3.63, 3.8) is 0 Å². The quantitative estimate of drug-likeness (QED) is 0.114. The summed E-state index contributed by atoms with van der Waals surface area (Å²) in [6.45, 7) is 5.20. The lowest BCUT2D eigenvalue weighted by atomic mass is 9.32. The van der Waals surface area contributed by atoms with Crippen LogP contribution in [0.1, 0.15) is 74.0 Å². The second-order valence-electron chi connectivity index (χ2n) is 18.7. The number of amides is 1. The van der Waals surface area contributed by atoms with Crippen LogP contribution in [0.2, 0.25) is 0 Å². The predicted molar refractivity (Wildman–Crippen MR) is 234 cm³/mol. The van der Waals surface area contributed by atoms with Crippen molar-refractivity contribution < 1.29 is 24.5 Å². The number of Topliss-reactive ketones (excluding diaryl/α,β-unsaturated/α-hetero) is 1. The number of allylic oxidation sites excluding steroid dienone is 4. The minimum atomic E-state index is -1.22. The van der Waals surface area contributed by atoms with Crippen molar-refractivity contribution in [1.82, 2.24) is 4.90 Å². The highest BCUT2D eigenvalue weighted by Crippen LogP contribution is 2.78. The number of rotatable bonds is 9. The van der Waals surface area contributed by atoms with E-state index in [2.05, 4.69) is 55.7 Å². The molecule has 1 heterocycles. The number of hydrogen-bond acceptors (Lipinski definition) is 6. The van der Waals surface area contributed by atoms with Crippen molar-refractivity contribution in [3.8, 4) is 16.9 Å². The zero-order valence-electron chi connectivity index (χ0n) is 34.0. The molecule has 0 aliphatic heterocycles. The molecule has 3 fully saturated rings. The SMILES string of the molecule is C[C@]12CC[C@H]3[C@]4(C=C[C@@]5(C=C4C(=O)c4ccc(-c6ccccc6)cc4)CC(O)CC[C@]35C)[C@@H]1CC[C@@]2(O)CN(CCc1cccs1)C(=O)Oc1ccc2ccccc2c1. The van der Waals surface area contributed by atoms with E-state index in [1.54, 1.807) is 16.2 Å². The number of carbonyl (C=O) groups excluding carboxylic acids is 2. The van der Waals surface area contributed by atoms with Crippen LogP contribution in [-0.2, 0) is 6.42 Å². The lowest BCUT2D eigenvalue weighted by molar-refractivity contribution is -0.175.